The maximum absolute atomic E-state index is 12.7. The van der Waals surface area contributed by atoms with Gasteiger partial charge in [-0.25, -0.2) is 0 Å². The third kappa shape index (κ3) is 2.29. The minimum Gasteiger partial charge on any atom is -0.265 e. The Hall–Kier alpha value is -1.88. The highest BCUT2D eigenvalue weighted by Gasteiger charge is 2.33. The SMILES string of the molecule is FC(F)(F)c1cc(Cl)c2c(c1)N=C(c1ccncc1)C2. The zero-order valence-electron chi connectivity index (χ0n) is 10.1. The molecule has 0 aliphatic carbocycles. The maximum Gasteiger partial charge on any atom is 0.416 e. The zero-order valence-corrected chi connectivity index (χ0v) is 10.8. The highest BCUT2D eigenvalue weighted by atomic mass is 35.5. The minimum atomic E-state index is -4.42. The lowest BCUT2D eigenvalue weighted by atomic mass is 10.0. The largest absolute Gasteiger partial charge is 0.416 e. The van der Waals surface area contributed by atoms with Crippen molar-refractivity contribution in [3.8, 4) is 0 Å². The molecule has 0 saturated heterocycles. The van der Waals surface area contributed by atoms with Crippen LogP contribution in [0.3, 0.4) is 0 Å². The second-order valence-electron chi connectivity index (χ2n) is 4.42. The van der Waals surface area contributed by atoms with E-state index in [1.54, 1.807) is 24.5 Å². The second kappa shape index (κ2) is 4.59. The molecule has 1 aromatic carbocycles. The van der Waals surface area contributed by atoms with Crippen molar-refractivity contribution in [3.63, 3.8) is 0 Å². The Morgan fingerprint density at radius 3 is 2.45 bits per heavy atom. The van der Waals surface area contributed by atoms with Crippen molar-refractivity contribution in [2.24, 2.45) is 4.99 Å². The normalized spacial score (nSPS) is 14.1. The lowest BCUT2D eigenvalue weighted by Crippen LogP contribution is -2.05. The first kappa shape index (κ1) is 13.1. The van der Waals surface area contributed by atoms with Gasteiger partial charge in [-0.2, -0.15) is 13.2 Å². The van der Waals surface area contributed by atoms with E-state index in [1.807, 2.05) is 0 Å². The molecule has 0 bridgehead atoms. The predicted octanol–water partition coefficient (Wildman–Crippen LogP) is 4.43. The summed E-state index contributed by atoms with van der Waals surface area (Å²) in [5.41, 5.74) is 1.67. The van der Waals surface area contributed by atoms with E-state index < -0.39 is 11.7 Å². The molecule has 1 aromatic heterocycles. The number of aliphatic imine (C=N–C) groups is 1. The van der Waals surface area contributed by atoms with Crippen LogP contribution in [-0.2, 0) is 12.6 Å². The summed E-state index contributed by atoms with van der Waals surface area (Å²) in [6, 6.07) is 5.52. The number of pyridine rings is 1. The highest BCUT2D eigenvalue weighted by molar-refractivity contribution is 6.32. The number of aromatic nitrogens is 1. The summed E-state index contributed by atoms with van der Waals surface area (Å²) in [5, 5.41) is 0.0997. The van der Waals surface area contributed by atoms with Crippen molar-refractivity contribution < 1.29 is 13.2 Å². The third-order valence-corrected chi connectivity index (χ3v) is 3.45. The van der Waals surface area contributed by atoms with Crippen molar-refractivity contribution >= 4 is 23.0 Å². The Kier molecular flexibility index (Phi) is 3.01. The number of rotatable bonds is 1. The number of hydrogen-bond acceptors (Lipinski definition) is 2. The first-order chi connectivity index (χ1) is 9.45. The Morgan fingerprint density at radius 2 is 1.80 bits per heavy atom. The molecule has 0 N–H and O–H groups in total. The molecule has 0 atom stereocenters. The zero-order chi connectivity index (χ0) is 14.3. The molecule has 0 saturated carbocycles. The fourth-order valence-electron chi connectivity index (χ4n) is 2.12. The molecule has 0 amide bonds. The van der Waals surface area contributed by atoms with E-state index in [0.717, 1.165) is 17.7 Å². The summed E-state index contributed by atoms with van der Waals surface area (Å²) in [7, 11) is 0. The summed E-state index contributed by atoms with van der Waals surface area (Å²) in [6.07, 6.45) is -0.767. The topological polar surface area (TPSA) is 25.2 Å². The third-order valence-electron chi connectivity index (χ3n) is 3.11. The van der Waals surface area contributed by atoms with E-state index in [-0.39, 0.29) is 10.7 Å². The molecule has 2 nitrogen and oxygen atoms in total. The van der Waals surface area contributed by atoms with E-state index in [1.165, 1.54) is 0 Å². The van der Waals surface area contributed by atoms with Crippen LogP contribution in [-0.4, -0.2) is 10.7 Å². The molecule has 1 aliphatic heterocycles. The van der Waals surface area contributed by atoms with Gasteiger partial charge in [-0.1, -0.05) is 11.6 Å². The Labute approximate surface area is 117 Å². The number of nitrogens with zero attached hydrogens (tertiary/aromatic N) is 2. The van der Waals surface area contributed by atoms with Gasteiger partial charge >= 0.3 is 6.18 Å². The van der Waals surface area contributed by atoms with Crippen molar-refractivity contribution in [2.75, 3.05) is 0 Å². The molecule has 0 radical (unpaired) electrons. The maximum atomic E-state index is 12.7. The van der Waals surface area contributed by atoms with Gasteiger partial charge in [0.05, 0.1) is 17.0 Å². The molecule has 3 rings (SSSR count). The van der Waals surface area contributed by atoms with Gasteiger partial charge in [0.1, 0.15) is 0 Å². The smallest absolute Gasteiger partial charge is 0.265 e. The monoisotopic (exact) mass is 296 g/mol. The lowest BCUT2D eigenvalue weighted by molar-refractivity contribution is -0.137. The van der Waals surface area contributed by atoms with E-state index >= 15 is 0 Å². The molecule has 0 unspecified atom stereocenters. The van der Waals surface area contributed by atoms with Crippen LogP contribution in [0, 0.1) is 0 Å². The molecule has 0 fully saturated rings. The van der Waals surface area contributed by atoms with Crippen LogP contribution in [0.15, 0.2) is 41.7 Å². The van der Waals surface area contributed by atoms with Crippen molar-refractivity contribution in [2.45, 2.75) is 12.6 Å². The summed E-state index contributed by atoms with van der Waals surface area (Å²) in [5.74, 6) is 0. The Balaban J connectivity index is 2.05. The van der Waals surface area contributed by atoms with Gasteiger partial charge in [0.15, 0.2) is 0 Å². The van der Waals surface area contributed by atoms with Crippen LogP contribution in [0.25, 0.3) is 0 Å². The number of halogens is 4. The average Bonchev–Trinajstić information content (AvgIpc) is 2.83. The number of fused-ring (bicyclic) bond motifs is 1. The van der Waals surface area contributed by atoms with Gasteiger partial charge in [0.25, 0.3) is 0 Å². The summed E-state index contributed by atoms with van der Waals surface area (Å²) in [4.78, 5) is 8.16. The lowest BCUT2D eigenvalue weighted by Gasteiger charge is -2.09. The molecule has 0 spiro atoms. The van der Waals surface area contributed by atoms with Crippen molar-refractivity contribution in [1.29, 1.82) is 0 Å². The Morgan fingerprint density at radius 1 is 1.10 bits per heavy atom. The Bertz CT molecular complexity index is 694. The fourth-order valence-corrected chi connectivity index (χ4v) is 2.40. The van der Waals surface area contributed by atoms with Gasteiger partial charge in [-0.15, -0.1) is 0 Å². The average molecular weight is 297 g/mol. The molecule has 1 aliphatic rings. The van der Waals surface area contributed by atoms with Gasteiger partial charge in [0.2, 0.25) is 0 Å². The fraction of sp³-hybridized carbons (Fsp3) is 0.143. The molecular formula is C14H8ClF3N2. The highest BCUT2D eigenvalue weighted by Crippen LogP contribution is 2.40. The van der Waals surface area contributed by atoms with Crippen LogP contribution >= 0.6 is 11.6 Å². The van der Waals surface area contributed by atoms with E-state index in [0.29, 0.717) is 17.7 Å². The van der Waals surface area contributed by atoms with Crippen LogP contribution in [0.5, 0.6) is 0 Å². The number of benzene rings is 1. The summed E-state index contributed by atoms with van der Waals surface area (Å²) < 4.78 is 38.2. The molecule has 6 heteroatoms. The molecule has 2 aromatic rings. The van der Waals surface area contributed by atoms with Crippen LogP contribution in [0.1, 0.15) is 16.7 Å². The van der Waals surface area contributed by atoms with Gasteiger partial charge in [-0.3, -0.25) is 9.98 Å². The first-order valence-corrected chi connectivity index (χ1v) is 6.20. The standard InChI is InChI=1S/C14H8ClF3N2/c15-11-5-9(14(16,17)18)6-13-10(11)7-12(20-13)8-1-3-19-4-2-8/h1-6H,7H2. The molecule has 102 valence electrons. The van der Waals surface area contributed by atoms with Crippen LogP contribution in [0.2, 0.25) is 5.02 Å². The van der Waals surface area contributed by atoms with E-state index in [2.05, 4.69) is 9.98 Å². The van der Waals surface area contributed by atoms with Gasteiger partial charge in [-0.05, 0) is 29.8 Å². The van der Waals surface area contributed by atoms with Gasteiger partial charge < -0.3 is 0 Å². The molecule has 2 heterocycles. The first-order valence-electron chi connectivity index (χ1n) is 5.83. The number of hydrogen-bond donors (Lipinski definition) is 0. The van der Waals surface area contributed by atoms with E-state index in [9.17, 15) is 13.2 Å². The quantitative estimate of drug-likeness (QED) is 0.764. The van der Waals surface area contributed by atoms with E-state index in [4.69, 9.17) is 11.6 Å². The molecular weight excluding hydrogens is 289 g/mol. The second-order valence-corrected chi connectivity index (χ2v) is 4.83. The minimum absolute atomic E-state index is 0.0997. The predicted molar refractivity (Wildman–Crippen MR) is 70.6 cm³/mol. The van der Waals surface area contributed by atoms with Crippen molar-refractivity contribution in [1.82, 2.24) is 4.98 Å². The molecule has 20 heavy (non-hydrogen) atoms. The summed E-state index contributed by atoms with van der Waals surface area (Å²) in [6.45, 7) is 0. The number of alkyl halides is 3. The summed E-state index contributed by atoms with van der Waals surface area (Å²) >= 11 is 5.95. The van der Waals surface area contributed by atoms with Crippen LogP contribution in [0.4, 0.5) is 18.9 Å². The van der Waals surface area contributed by atoms with Gasteiger partial charge in [0, 0.05) is 29.4 Å². The van der Waals surface area contributed by atoms with Crippen molar-refractivity contribution in [3.05, 3.63) is 58.4 Å². The van der Waals surface area contributed by atoms with Crippen LogP contribution < -0.4 is 0 Å².